The zero-order valence-electron chi connectivity index (χ0n) is 20.1. The molecule has 192 valence electrons. The maximum absolute atomic E-state index is 14.0. The Morgan fingerprint density at radius 2 is 1.84 bits per heavy atom. The Labute approximate surface area is 212 Å². The topological polar surface area (TPSA) is 102 Å². The molecule has 0 bridgehead atoms. The maximum atomic E-state index is 14.0. The number of rotatable bonds is 6. The molecule has 3 N–H and O–H groups in total. The van der Waals surface area contributed by atoms with Gasteiger partial charge in [0.2, 0.25) is 5.91 Å². The van der Waals surface area contributed by atoms with Crippen LogP contribution in [0.2, 0.25) is 0 Å². The number of hydrogen-bond donors (Lipinski definition) is 2. The lowest BCUT2D eigenvalue weighted by molar-refractivity contribution is -0.127. The lowest BCUT2D eigenvalue weighted by atomic mass is 9.87. The van der Waals surface area contributed by atoms with Crippen LogP contribution in [0.15, 0.2) is 55.1 Å². The van der Waals surface area contributed by atoms with E-state index in [-0.39, 0.29) is 17.7 Å². The van der Waals surface area contributed by atoms with E-state index < -0.39 is 17.5 Å². The number of carbonyl (C=O) groups excluding carboxylic acids is 2. The molecule has 2 aliphatic rings. The average Bonchev–Trinajstić information content (AvgIpc) is 3.30. The normalized spacial score (nSPS) is 17.6. The molecule has 1 fully saturated rings. The van der Waals surface area contributed by atoms with E-state index in [0.29, 0.717) is 53.9 Å². The third-order valence-corrected chi connectivity index (χ3v) is 7.02. The number of carbonyl (C=O) groups is 2. The second-order valence-electron chi connectivity index (χ2n) is 9.23. The van der Waals surface area contributed by atoms with Crippen LogP contribution >= 0.6 is 0 Å². The van der Waals surface area contributed by atoms with Crippen molar-refractivity contribution in [1.82, 2.24) is 14.7 Å². The molecule has 2 amide bonds. The van der Waals surface area contributed by atoms with Crippen LogP contribution < -0.4 is 15.8 Å². The van der Waals surface area contributed by atoms with Crippen LogP contribution in [0.25, 0.3) is 11.3 Å². The number of nitrogens with zero attached hydrogens (tertiary/aromatic N) is 3. The summed E-state index contributed by atoms with van der Waals surface area (Å²) in [6.45, 7) is 5.56. The highest BCUT2D eigenvalue weighted by Gasteiger charge is 2.35. The first-order valence-corrected chi connectivity index (χ1v) is 12.2. The van der Waals surface area contributed by atoms with Gasteiger partial charge in [0.05, 0.1) is 6.04 Å². The summed E-state index contributed by atoms with van der Waals surface area (Å²) in [6.07, 6.45) is 3.84. The summed E-state index contributed by atoms with van der Waals surface area (Å²) >= 11 is 0. The minimum atomic E-state index is -0.807. The van der Waals surface area contributed by atoms with E-state index in [1.165, 1.54) is 12.1 Å². The predicted molar refractivity (Wildman–Crippen MR) is 134 cm³/mol. The fourth-order valence-corrected chi connectivity index (χ4v) is 5.17. The Morgan fingerprint density at radius 3 is 2.49 bits per heavy atom. The minimum Gasteiger partial charge on any atom is -0.454 e. The van der Waals surface area contributed by atoms with E-state index in [4.69, 9.17) is 15.6 Å². The number of nitrogens with one attached hydrogen (secondary N) is 1. The van der Waals surface area contributed by atoms with Crippen LogP contribution in [0.1, 0.15) is 35.7 Å². The molecular formula is C27H27F2N5O3. The molecule has 10 heteroatoms. The Hall–Kier alpha value is -4.21. The zero-order chi connectivity index (χ0) is 26.1. The number of likely N-dealkylation sites (tertiary alicyclic amines) is 1. The van der Waals surface area contributed by atoms with Gasteiger partial charge in [-0.2, -0.15) is 5.10 Å². The summed E-state index contributed by atoms with van der Waals surface area (Å²) < 4.78 is 34.5. The largest absolute Gasteiger partial charge is 0.454 e. The van der Waals surface area contributed by atoms with Crippen LogP contribution in [0, 0.1) is 17.6 Å². The molecule has 8 nitrogen and oxygen atoms in total. The average molecular weight is 508 g/mol. The van der Waals surface area contributed by atoms with E-state index in [1.807, 2.05) is 4.68 Å². The van der Waals surface area contributed by atoms with Gasteiger partial charge in [0.15, 0.2) is 11.6 Å². The molecule has 37 heavy (non-hydrogen) atoms. The number of amides is 2. The smallest absolute Gasteiger partial charge is 0.254 e. The standard InChI is InChI=1S/C27H27F2N5O3/c1-2-23(35)33-13-10-16(11-14-33)21-9-12-31-27-24(26(30)36)25(32-34(21)27)17-3-6-19(7-4-17)37-22-8-5-18(28)15-20(22)29/h2-8,15-16,21,31H,1,9-14H2,(H2,30,36). The molecule has 0 spiro atoms. The highest BCUT2D eigenvalue weighted by Crippen LogP contribution is 2.40. The predicted octanol–water partition coefficient (Wildman–Crippen LogP) is 4.50. The first kappa shape index (κ1) is 24.5. The van der Waals surface area contributed by atoms with Gasteiger partial charge in [0.1, 0.15) is 28.6 Å². The lowest BCUT2D eigenvalue weighted by Gasteiger charge is -2.38. The summed E-state index contributed by atoms with van der Waals surface area (Å²) in [5.41, 5.74) is 7.19. The first-order chi connectivity index (χ1) is 17.9. The minimum absolute atomic E-state index is 0.0589. The maximum Gasteiger partial charge on any atom is 0.254 e. The summed E-state index contributed by atoms with van der Waals surface area (Å²) in [6, 6.07) is 9.83. The van der Waals surface area contributed by atoms with Gasteiger partial charge in [-0.1, -0.05) is 6.58 Å². The summed E-state index contributed by atoms with van der Waals surface area (Å²) in [7, 11) is 0. The molecule has 1 aromatic heterocycles. The van der Waals surface area contributed by atoms with E-state index in [1.54, 1.807) is 29.2 Å². The number of piperidine rings is 1. The van der Waals surface area contributed by atoms with Gasteiger partial charge >= 0.3 is 0 Å². The van der Waals surface area contributed by atoms with Gasteiger partial charge in [0.25, 0.3) is 5.91 Å². The van der Waals surface area contributed by atoms with Crippen molar-refractivity contribution in [3.63, 3.8) is 0 Å². The number of halogens is 2. The monoisotopic (exact) mass is 507 g/mol. The zero-order valence-corrected chi connectivity index (χ0v) is 20.1. The van der Waals surface area contributed by atoms with Crippen LogP contribution in [0.4, 0.5) is 14.6 Å². The molecule has 2 aromatic carbocycles. The number of ether oxygens (including phenoxy) is 1. The molecule has 3 aromatic rings. The molecule has 1 saturated heterocycles. The second-order valence-corrected chi connectivity index (χ2v) is 9.23. The summed E-state index contributed by atoms with van der Waals surface area (Å²) in [5, 5.41) is 8.11. The Kier molecular flexibility index (Phi) is 6.64. The number of anilines is 1. The fourth-order valence-electron chi connectivity index (χ4n) is 5.17. The Morgan fingerprint density at radius 1 is 1.11 bits per heavy atom. The molecule has 2 aliphatic heterocycles. The van der Waals surface area contributed by atoms with Crippen molar-refractivity contribution in [2.24, 2.45) is 11.7 Å². The van der Waals surface area contributed by atoms with Gasteiger partial charge in [-0.15, -0.1) is 0 Å². The number of primary amides is 1. The number of hydrogen-bond acceptors (Lipinski definition) is 5. The van der Waals surface area contributed by atoms with Crippen LogP contribution in [0.5, 0.6) is 11.5 Å². The number of aromatic nitrogens is 2. The van der Waals surface area contributed by atoms with Gasteiger partial charge in [-0.25, -0.2) is 13.5 Å². The number of fused-ring (bicyclic) bond motifs is 1. The van der Waals surface area contributed by atoms with Gasteiger partial charge in [0, 0.05) is 31.3 Å². The summed E-state index contributed by atoms with van der Waals surface area (Å²) in [5.74, 6) is -1.01. The van der Waals surface area contributed by atoms with E-state index in [0.717, 1.165) is 31.4 Å². The number of benzene rings is 2. The van der Waals surface area contributed by atoms with Crippen molar-refractivity contribution in [3.8, 4) is 22.8 Å². The SMILES string of the molecule is C=CC(=O)N1CCC(C2CCNc3c(C(N)=O)c(-c4ccc(Oc5ccc(F)cc5F)cc4)nn32)CC1. The van der Waals surface area contributed by atoms with E-state index in [9.17, 15) is 18.4 Å². The van der Waals surface area contributed by atoms with Crippen molar-refractivity contribution in [1.29, 1.82) is 0 Å². The van der Waals surface area contributed by atoms with E-state index >= 15 is 0 Å². The molecule has 1 atom stereocenters. The quantitative estimate of drug-likeness (QED) is 0.479. The fraction of sp³-hybridized carbons (Fsp3) is 0.296. The summed E-state index contributed by atoms with van der Waals surface area (Å²) in [4.78, 5) is 26.3. The third kappa shape index (κ3) is 4.78. The molecule has 1 unspecified atom stereocenters. The van der Waals surface area contributed by atoms with Crippen molar-refractivity contribution in [3.05, 3.63) is 72.3 Å². The van der Waals surface area contributed by atoms with E-state index in [2.05, 4.69) is 11.9 Å². The van der Waals surface area contributed by atoms with Crippen molar-refractivity contribution < 1.29 is 23.1 Å². The van der Waals surface area contributed by atoms with Crippen LogP contribution in [-0.4, -0.2) is 46.1 Å². The molecule has 0 radical (unpaired) electrons. The van der Waals surface area contributed by atoms with Crippen molar-refractivity contribution in [2.75, 3.05) is 25.0 Å². The van der Waals surface area contributed by atoms with Crippen molar-refractivity contribution in [2.45, 2.75) is 25.3 Å². The molecular weight excluding hydrogens is 480 g/mol. The first-order valence-electron chi connectivity index (χ1n) is 12.2. The third-order valence-electron chi connectivity index (χ3n) is 7.02. The lowest BCUT2D eigenvalue weighted by Crippen LogP contribution is -2.41. The van der Waals surface area contributed by atoms with Crippen LogP contribution in [-0.2, 0) is 4.79 Å². The molecule has 3 heterocycles. The Balaban J connectivity index is 1.41. The van der Waals surface area contributed by atoms with Crippen molar-refractivity contribution >= 4 is 17.6 Å². The van der Waals surface area contributed by atoms with Gasteiger partial charge in [-0.3, -0.25) is 9.59 Å². The highest BCUT2D eigenvalue weighted by atomic mass is 19.1. The molecule has 5 rings (SSSR count). The second kappa shape index (κ2) is 10.0. The van der Waals surface area contributed by atoms with Gasteiger partial charge < -0.3 is 20.7 Å². The molecule has 0 saturated carbocycles. The highest BCUT2D eigenvalue weighted by molar-refractivity contribution is 6.03. The van der Waals surface area contributed by atoms with Gasteiger partial charge in [-0.05, 0) is 67.7 Å². The Bertz CT molecular complexity index is 1350. The molecule has 0 aliphatic carbocycles. The number of nitrogens with two attached hydrogens (primary N) is 1. The van der Waals surface area contributed by atoms with Crippen LogP contribution in [0.3, 0.4) is 0 Å².